The van der Waals surface area contributed by atoms with Crippen molar-refractivity contribution in [3.63, 3.8) is 0 Å². The molecular formula is C12H15BF3KO2. The number of hydrogen-bond acceptors (Lipinski definition) is 2. The van der Waals surface area contributed by atoms with Crippen molar-refractivity contribution in [1.82, 2.24) is 0 Å². The van der Waals surface area contributed by atoms with Crippen molar-refractivity contribution in [2.24, 2.45) is 0 Å². The molecule has 1 rings (SSSR count). The second-order valence-electron chi connectivity index (χ2n) is 4.21. The third kappa shape index (κ3) is 8.14. The Morgan fingerprint density at radius 1 is 1.26 bits per heavy atom. The normalized spacial score (nSPS) is 12.4. The minimum atomic E-state index is -4.99. The van der Waals surface area contributed by atoms with Gasteiger partial charge in [-0.3, -0.25) is 4.79 Å². The summed E-state index contributed by atoms with van der Waals surface area (Å²) in [5, 5.41) is 0. The van der Waals surface area contributed by atoms with Gasteiger partial charge in [0.05, 0.1) is 6.61 Å². The summed E-state index contributed by atoms with van der Waals surface area (Å²) in [7, 11) is 0. The molecular weight excluding hydrogens is 283 g/mol. The average molecular weight is 298 g/mol. The molecule has 0 aromatic heterocycles. The first-order valence-corrected chi connectivity index (χ1v) is 5.77. The molecule has 1 atom stereocenters. The van der Waals surface area contributed by atoms with Crippen molar-refractivity contribution in [3.05, 3.63) is 35.9 Å². The molecule has 0 saturated heterocycles. The van der Waals surface area contributed by atoms with Crippen LogP contribution in [0.1, 0.15) is 18.9 Å². The van der Waals surface area contributed by atoms with E-state index in [1.54, 1.807) is 24.3 Å². The van der Waals surface area contributed by atoms with E-state index in [-0.39, 0.29) is 57.8 Å². The molecule has 2 nitrogen and oxygen atoms in total. The number of halogens is 3. The van der Waals surface area contributed by atoms with Gasteiger partial charge < -0.3 is 17.7 Å². The molecule has 1 aromatic carbocycles. The molecule has 0 fully saturated rings. The molecule has 0 heterocycles. The van der Waals surface area contributed by atoms with Gasteiger partial charge in [0.1, 0.15) is 0 Å². The Bertz CT molecular complexity index is 384. The Labute approximate surface area is 153 Å². The largest absolute Gasteiger partial charge is 1.00 e. The van der Waals surface area contributed by atoms with E-state index in [9.17, 15) is 17.7 Å². The monoisotopic (exact) mass is 298 g/mol. The summed E-state index contributed by atoms with van der Waals surface area (Å²) in [5.41, 5.74) is 0.852. The van der Waals surface area contributed by atoms with Crippen LogP contribution in [-0.2, 0) is 16.0 Å². The van der Waals surface area contributed by atoms with Crippen LogP contribution in [0.15, 0.2) is 30.3 Å². The minimum Gasteiger partial charge on any atom is -0.469 e. The van der Waals surface area contributed by atoms with E-state index in [2.05, 4.69) is 4.74 Å². The second kappa shape index (κ2) is 9.18. The van der Waals surface area contributed by atoms with Crippen LogP contribution in [0.4, 0.5) is 12.9 Å². The van der Waals surface area contributed by atoms with Crippen molar-refractivity contribution in [2.45, 2.75) is 25.6 Å². The molecule has 7 heteroatoms. The van der Waals surface area contributed by atoms with Crippen molar-refractivity contribution in [3.8, 4) is 0 Å². The Morgan fingerprint density at radius 2 is 1.84 bits per heavy atom. The first-order valence-electron chi connectivity index (χ1n) is 5.77. The van der Waals surface area contributed by atoms with E-state index in [0.29, 0.717) is 6.42 Å². The van der Waals surface area contributed by atoms with E-state index < -0.39 is 25.4 Å². The third-order valence-corrected chi connectivity index (χ3v) is 2.68. The van der Waals surface area contributed by atoms with Crippen molar-refractivity contribution in [2.75, 3.05) is 6.61 Å². The molecule has 0 aliphatic rings. The zero-order valence-electron chi connectivity index (χ0n) is 11.1. The van der Waals surface area contributed by atoms with Crippen molar-refractivity contribution >= 4 is 12.9 Å². The summed E-state index contributed by atoms with van der Waals surface area (Å²) in [6.45, 7) is -4.46. The Kier molecular flexibility index (Phi) is 9.27. The van der Waals surface area contributed by atoms with Crippen LogP contribution in [-0.4, -0.2) is 19.6 Å². The number of aryl methyl sites for hydroxylation is 1. The number of ether oxygens (including phenoxy) is 1. The molecule has 0 aliphatic carbocycles. The predicted molar refractivity (Wildman–Crippen MR) is 64.2 cm³/mol. The minimum absolute atomic E-state index is 0. The van der Waals surface area contributed by atoms with Gasteiger partial charge in [-0.15, -0.1) is 0 Å². The zero-order valence-corrected chi connectivity index (χ0v) is 14.2. The topological polar surface area (TPSA) is 26.3 Å². The summed E-state index contributed by atoms with van der Waals surface area (Å²) in [6, 6.07) is 8.95. The first kappa shape index (κ1) is 19.2. The standard InChI is InChI=1S/C12H15BF3O2.K/c1-10(17)18-9-12(13(14,15)16)8-7-11-5-3-2-4-6-11;/h2-6,12H,7-9H2,1H3;/q-1;+1. The zero-order chi connectivity index (χ0) is 13.6. The molecule has 100 valence electrons. The van der Waals surface area contributed by atoms with Gasteiger partial charge in [-0.1, -0.05) is 36.8 Å². The quantitative estimate of drug-likeness (QED) is 0.561. The van der Waals surface area contributed by atoms with Gasteiger partial charge in [0, 0.05) is 6.92 Å². The molecule has 0 radical (unpaired) electrons. The van der Waals surface area contributed by atoms with E-state index >= 15 is 0 Å². The van der Waals surface area contributed by atoms with Crippen LogP contribution >= 0.6 is 0 Å². The molecule has 0 bridgehead atoms. The Morgan fingerprint density at radius 3 is 2.32 bits per heavy atom. The maximum Gasteiger partial charge on any atom is 1.00 e. The van der Waals surface area contributed by atoms with Crippen LogP contribution < -0.4 is 51.4 Å². The van der Waals surface area contributed by atoms with Crippen molar-refractivity contribution in [1.29, 1.82) is 0 Å². The van der Waals surface area contributed by atoms with E-state index in [4.69, 9.17) is 0 Å². The van der Waals surface area contributed by atoms with Crippen LogP contribution in [0, 0.1) is 0 Å². The fourth-order valence-corrected chi connectivity index (χ4v) is 1.60. The van der Waals surface area contributed by atoms with E-state index in [1.807, 2.05) is 6.07 Å². The summed E-state index contributed by atoms with van der Waals surface area (Å²) < 4.78 is 42.7. The number of hydrogen-bond donors (Lipinski definition) is 0. The van der Waals surface area contributed by atoms with Crippen LogP contribution in [0.25, 0.3) is 0 Å². The van der Waals surface area contributed by atoms with Gasteiger partial charge in [0.2, 0.25) is 0 Å². The van der Waals surface area contributed by atoms with Crippen LogP contribution in [0.2, 0.25) is 5.82 Å². The Balaban J connectivity index is 0.00000324. The molecule has 0 aliphatic heterocycles. The first-order chi connectivity index (χ1) is 8.39. The van der Waals surface area contributed by atoms with E-state index in [0.717, 1.165) is 12.5 Å². The molecule has 0 spiro atoms. The molecule has 0 amide bonds. The Hall–Kier alpha value is 0.181. The number of benzene rings is 1. The molecule has 1 unspecified atom stereocenters. The molecule has 1 aromatic rings. The maximum absolute atomic E-state index is 12.7. The van der Waals surface area contributed by atoms with Gasteiger partial charge in [-0.05, 0) is 17.8 Å². The molecule has 19 heavy (non-hydrogen) atoms. The smallest absolute Gasteiger partial charge is 0.469 e. The summed E-state index contributed by atoms with van der Waals surface area (Å²) in [6.07, 6.45) is 0.273. The van der Waals surface area contributed by atoms with Gasteiger partial charge in [0.25, 0.3) is 0 Å². The predicted octanol–water partition coefficient (Wildman–Crippen LogP) is 0.404. The number of esters is 1. The van der Waals surface area contributed by atoms with Gasteiger partial charge in [-0.2, -0.15) is 0 Å². The van der Waals surface area contributed by atoms with Crippen molar-refractivity contribution < 1.29 is 73.9 Å². The molecule has 0 saturated carbocycles. The maximum atomic E-state index is 12.7. The van der Waals surface area contributed by atoms with Gasteiger partial charge in [-0.25, -0.2) is 0 Å². The summed E-state index contributed by atoms with van der Waals surface area (Å²) >= 11 is 0. The number of rotatable bonds is 6. The fourth-order valence-electron chi connectivity index (χ4n) is 1.60. The van der Waals surface area contributed by atoms with Crippen LogP contribution in [0.3, 0.4) is 0 Å². The summed E-state index contributed by atoms with van der Waals surface area (Å²) in [4.78, 5) is 10.6. The van der Waals surface area contributed by atoms with E-state index in [1.165, 1.54) is 0 Å². The van der Waals surface area contributed by atoms with Crippen LogP contribution in [0.5, 0.6) is 0 Å². The fraction of sp³-hybridized carbons (Fsp3) is 0.417. The summed E-state index contributed by atoms with van der Waals surface area (Å²) in [5.74, 6) is -2.23. The third-order valence-electron chi connectivity index (χ3n) is 2.68. The average Bonchev–Trinajstić information content (AvgIpc) is 2.28. The second-order valence-corrected chi connectivity index (χ2v) is 4.21. The number of carbonyl (C=O) groups excluding carboxylic acids is 1. The number of carbonyl (C=O) groups is 1. The molecule has 0 N–H and O–H groups in total. The van der Waals surface area contributed by atoms with Gasteiger partial charge >= 0.3 is 64.3 Å². The SMILES string of the molecule is CC(=O)OCC(CCc1ccccc1)[B-](F)(F)F.[K+]. The van der Waals surface area contributed by atoms with Gasteiger partial charge in [0.15, 0.2) is 0 Å².